The van der Waals surface area contributed by atoms with Gasteiger partial charge in [-0.3, -0.25) is 24.0 Å². The number of fused-ring (bicyclic) bond motifs is 4. The summed E-state index contributed by atoms with van der Waals surface area (Å²) in [7, 11) is 9.71. The highest BCUT2D eigenvalue weighted by Crippen LogP contribution is 2.43. The van der Waals surface area contributed by atoms with Crippen LogP contribution >= 0.6 is 158 Å². The van der Waals surface area contributed by atoms with Crippen molar-refractivity contribution in [1.29, 1.82) is 0 Å². The number of aliphatic carboxylic acids is 1. The fourth-order valence-corrected chi connectivity index (χ4v) is 15.0. The molecule has 4 amide bonds. The van der Waals surface area contributed by atoms with Crippen molar-refractivity contribution in [2.75, 3.05) is 40.6 Å². The molecular formula is C81H80Cl9FN8O18S4. The molecular weight excluding hydrogens is 1840 g/mol. The SMILES string of the molecule is COc1cc2c(cc(C(=O)N[C@H](CO)c3ccc(C(=O)O)cc3Cl)n2C)c(Cl)c1Cl.COc1cc2c(cc(C(=O)N[C@H](CO)c3ccc(C(=O)O)cc3F)n2C)c(Cl)c1Cl.Cc1cc(C(=O)O)ccc1[C@@H](CO)NC(=O)c1cc2c(Cl)c(Cl)ccc2n1C.Cc1cc(CC(=O)O)ccc1[C@@H](CO)NC(=O)c1cc2c(Cl)c(Cl)ccc2n1C.S.S.S.S. The number of benzene rings is 8. The first kappa shape index (κ1) is 103. The summed E-state index contributed by atoms with van der Waals surface area (Å²) in [5.74, 6) is -6.36. The molecule has 646 valence electrons. The second-order valence-corrected chi connectivity index (χ2v) is 29.8. The minimum Gasteiger partial charge on any atom is -0.495 e. The largest absolute Gasteiger partial charge is 0.495 e. The minimum absolute atomic E-state index is 0. The van der Waals surface area contributed by atoms with Crippen molar-refractivity contribution in [2.45, 2.75) is 44.4 Å². The molecule has 0 aliphatic rings. The Labute approximate surface area is 763 Å². The summed E-state index contributed by atoms with van der Waals surface area (Å²) in [5.41, 5.74) is 7.64. The number of nitrogens with zero attached hydrogens (tertiary/aromatic N) is 4. The van der Waals surface area contributed by atoms with Crippen LogP contribution in [-0.4, -0.2) is 147 Å². The summed E-state index contributed by atoms with van der Waals surface area (Å²) < 4.78 is 31.4. The summed E-state index contributed by atoms with van der Waals surface area (Å²) in [6, 6.07) is 30.4. The van der Waals surface area contributed by atoms with Gasteiger partial charge in [0.2, 0.25) is 0 Å². The first-order valence-electron chi connectivity index (χ1n) is 34.6. The monoisotopic (exact) mass is 1910 g/mol. The van der Waals surface area contributed by atoms with Gasteiger partial charge in [0.15, 0.2) is 0 Å². The molecule has 0 aliphatic heterocycles. The number of carbonyl (C=O) groups is 8. The van der Waals surface area contributed by atoms with E-state index in [1.54, 1.807) is 132 Å². The number of carboxylic acids is 4. The number of aromatic nitrogens is 4. The Morgan fingerprint density at radius 1 is 0.364 bits per heavy atom. The zero-order valence-corrected chi connectivity index (χ0v) is 75.6. The Morgan fingerprint density at radius 3 is 0.992 bits per heavy atom. The second kappa shape index (κ2) is 44.4. The van der Waals surface area contributed by atoms with Crippen molar-refractivity contribution in [3.05, 3.63) is 263 Å². The van der Waals surface area contributed by atoms with Gasteiger partial charge in [0, 0.05) is 83.5 Å². The van der Waals surface area contributed by atoms with Crippen LogP contribution in [0.3, 0.4) is 0 Å². The molecule has 0 unspecified atom stereocenters. The van der Waals surface area contributed by atoms with Crippen LogP contribution in [0.25, 0.3) is 43.6 Å². The van der Waals surface area contributed by atoms with Gasteiger partial charge in [0.05, 0.1) is 129 Å². The molecule has 4 atom stereocenters. The van der Waals surface area contributed by atoms with Crippen LogP contribution in [-0.2, 0) is 39.4 Å². The molecule has 4 heterocycles. The number of halogens is 10. The Hall–Kier alpha value is -8.94. The lowest BCUT2D eigenvalue weighted by Gasteiger charge is -2.19. The highest BCUT2D eigenvalue weighted by atomic mass is 35.5. The predicted molar refractivity (Wildman–Crippen MR) is 488 cm³/mol. The van der Waals surface area contributed by atoms with E-state index >= 15 is 0 Å². The first-order chi connectivity index (χ1) is 55.3. The number of aliphatic hydroxyl groups is 4. The number of carbonyl (C=O) groups excluding carboxylic acids is 4. The van der Waals surface area contributed by atoms with E-state index in [1.807, 2.05) is 6.92 Å². The molecule has 4 aromatic heterocycles. The van der Waals surface area contributed by atoms with Gasteiger partial charge in [0.25, 0.3) is 23.6 Å². The van der Waals surface area contributed by atoms with Crippen molar-refractivity contribution in [2.24, 2.45) is 28.2 Å². The summed E-state index contributed by atoms with van der Waals surface area (Å²) in [6.07, 6.45) is -0.0868. The van der Waals surface area contributed by atoms with E-state index in [0.717, 1.165) is 28.2 Å². The van der Waals surface area contributed by atoms with E-state index < -0.39 is 84.8 Å². The van der Waals surface area contributed by atoms with Crippen molar-refractivity contribution in [1.82, 2.24) is 39.5 Å². The standard InChI is InChI=1S/C21H20Cl2N2O4.C20H17Cl3N2O5.C20H17Cl2FN2O5.C20H18Cl2N2O4.4H2S/c1-11-7-12(8-19(27)28)3-4-13(11)16(10-26)24-21(29)18-9-14-17(25(18)2)6-5-15(22)20(14)23;1-25-14-7-16(30-2)18(23)17(22)11(14)6-15(25)19(27)24-13(8-26)10-4-3-9(20(28)29)5-12(10)21;1-25-14-7-16(30-2)18(22)17(21)11(14)6-15(25)19(27)24-13(8-26)10-4-3-9(20(28)29)5-12(10)23;1-10-7-11(20(27)28)3-4-12(10)15(9-25)23-19(26)17-8-13-16(24(17)2)6-5-14(21)18(13)22;;;;/h3-7,9,16,26H,8,10H2,1-2H3,(H,24,29)(H,27,28);2*3-7,13,26H,8H2,1-2H3,(H,24,27)(H,28,29);3-8,15,25H,9H2,1-2H3,(H,23,26)(H,27,28);4*1H2/t16-;2*13-;15-;;;;/m1111..../s1. The van der Waals surface area contributed by atoms with Crippen LogP contribution in [0.15, 0.2) is 133 Å². The van der Waals surface area contributed by atoms with Gasteiger partial charge in [0.1, 0.15) is 50.1 Å². The smallest absolute Gasteiger partial charge is 0.335 e. The number of aromatic carboxylic acids is 3. The number of methoxy groups -OCH3 is 2. The van der Waals surface area contributed by atoms with Gasteiger partial charge in [-0.1, -0.05) is 141 Å². The molecule has 40 heteroatoms. The zero-order valence-electron chi connectivity index (χ0n) is 64.8. The van der Waals surface area contributed by atoms with E-state index in [0.29, 0.717) is 97.8 Å². The molecule has 0 aliphatic carbocycles. The molecule has 0 spiro atoms. The van der Waals surface area contributed by atoms with Gasteiger partial charge >= 0.3 is 23.9 Å². The molecule has 0 saturated heterocycles. The fraction of sp³-hybridized carbons (Fsp3) is 0.210. The molecule has 0 radical (unpaired) electrons. The average molecular weight is 1920 g/mol. The number of hydrogen-bond donors (Lipinski definition) is 12. The van der Waals surface area contributed by atoms with Gasteiger partial charge in [-0.15, -0.1) is 0 Å². The first-order valence-corrected chi connectivity index (χ1v) is 38.0. The maximum Gasteiger partial charge on any atom is 0.335 e. The molecule has 12 N–H and O–H groups in total. The lowest BCUT2D eigenvalue weighted by atomic mass is 9.98. The molecule has 12 rings (SSSR count). The van der Waals surface area contributed by atoms with Crippen LogP contribution < -0.4 is 30.7 Å². The quantitative estimate of drug-likeness (QED) is 0.0283. The van der Waals surface area contributed by atoms with Gasteiger partial charge in [-0.05, 0) is 132 Å². The van der Waals surface area contributed by atoms with E-state index in [-0.39, 0.29) is 138 Å². The van der Waals surface area contributed by atoms with Crippen LogP contribution in [0, 0.1) is 19.7 Å². The molecule has 0 saturated carbocycles. The summed E-state index contributed by atoms with van der Waals surface area (Å²) >= 11 is 55.8. The topological polar surface area (TPSA) is 385 Å². The normalized spacial score (nSPS) is 11.7. The summed E-state index contributed by atoms with van der Waals surface area (Å²) in [5, 5.41) is 91.0. The van der Waals surface area contributed by atoms with E-state index in [1.165, 1.54) is 62.8 Å². The number of ether oxygens (including phenoxy) is 2. The number of carboxylic acid groups (broad SMARTS) is 4. The van der Waals surface area contributed by atoms with Crippen LogP contribution in [0.1, 0.15) is 136 Å². The number of rotatable bonds is 23. The third-order valence-corrected chi connectivity index (χ3v) is 22.8. The summed E-state index contributed by atoms with van der Waals surface area (Å²) in [6.45, 7) is 1.86. The highest BCUT2D eigenvalue weighted by Gasteiger charge is 2.29. The third-order valence-electron chi connectivity index (χ3n) is 19.1. The lowest BCUT2D eigenvalue weighted by molar-refractivity contribution is -0.136. The number of nitrogens with one attached hydrogen (secondary N) is 4. The van der Waals surface area contributed by atoms with Crippen LogP contribution in [0.5, 0.6) is 11.5 Å². The molecule has 26 nitrogen and oxygen atoms in total. The maximum absolute atomic E-state index is 14.4. The Kier molecular flexibility index (Phi) is 37.7. The van der Waals surface area contributed by atoms with E-state index in [9.17, 15) is 63.2 Å². The lowest BCUT2D eigenvalue weighted by Crippen LogP contribution is -2.32. The highest BCUT2D eigenvalue weighted by molar-refractivity contribution is 7.59. The van der Waals surface area contributed by atoms with E-state index in [4.69, 9.17) is 134 Å². The van der Waals surface area contributed by atoms with Crippen LogP contribution in [0.4, 0.5) is 4.39 Å². The number of aryl methyl sites for hydroxylation is 6. The maximum atomic E-state index is 14.4. The Morgan fingerprint density at radius 2 is 0.669 bits per heavy atom. The fourth-order valence-electron chi connectivity index (χ4n) is 12.9. The third kappa shape index (κ3) is 22.7. The Bertz CT molecular complexity index is 5790. The van der Waals surface area contributed by atoms with Crippen molar-refractivity contribution >= 4 is 250 Å². The minimum atomic E-state index is -1.29. The van der Waals surface area contributed by atoms with Gasteiger partial charge in [-0.2, -0.15) is 54.0 Å². The average Bonchev–Trinajstić information content (AvgIpc) is 1.62. The molecule has 0 fully saturated rings. The zero-order chi connectivity index (χ0) is 86.2. The molecule has 121 heavy (non-hydrogen) atoms. The van der Waals surface area contributed by atoms with Crippen molar-refractivity contribution in [3.8, 4) is 11.5 Å². The number of amides is 4. The molecule has 0 bridgehead atoms. The molecule has 8 aromatic carbocycles. The molecule has 12 aromatic rings. The second-order valence-electron chi connectivity index (χ2n) is 26.3. The predicted octanol–water partition coefficient (Wildman–Crippen LogP) is 16.4. The van der Waals surface area contributed by atoms with Gasteiger partial charge < -0.3 is 89.9 Å². The Balaban J connectivity index is 0.000000284. The number of hydrogen-bond acceptors (Lipinski definition) is 14. The summed E-state index contributed by atoms with van der Waals surface area (Å²) in [4.78, 5) is 95.6. The van der Waals surface area contributed by atoms with Crippen LogP contribution in [0.2, 0.25) is 45.2 Å². The van der Waals surface area contributed by atoms with Crippen molar-refractivity contribution in [3.63, 3.8) is 0 Å². The van der Waals surface area contributed by atoms with Crippen molar-refractivity contribution < 1.29 is 93.1 Å². The van der Waals surface area contributed by atoms with Gasteiger partial charge in [-0.25, -0.2) is 18.8 Å². The number of aliphatic hydroxyl groups excluding tert-OH is 4. The van der Waals surface area contributed by atoms with E-state index in [2.05, 4.69) is 21.3 Å².